The summed E-state index contributed by atoms with van der Waals surface area (Å²) in [6, 6.07) is 2.03. The number of rotatable bonds is 4. The number of nitrogens with one attached hydrogen (secondary N) is 1. The third-order valence-electron chi connectivity index (χ3n) is 3.31. The Morgan fingerprint density at radius 1 is 1.50 bits per heavy atom. The molecule has 0 aromatic carbocycles. The third-order valence-corrected chi connectivity index (χ3v) is 3.75. The molecule has 0 saturated carbocycles. The number of carbonyl (C=O) groups is 1. The van der Waals surface area contributed by atoms with Crippen LogP contribution in [0.4, 0.5) is 0 Å². The number of likely N-dealkylation sites (tertiary alicyclic amines) is 1. The van der Waals surface area contributed by atoms with E-state index in [0.717, 1.165) is 24.1 Å². The van der Waals surface area contributed by atoms with Crippen molar-refractivity contribution >= 4 is 21.8 Å². The molecule has 4 nitrogen and oxygen atoms in total. The molecule has 0 spiro atoms. The monoisotopic (exact) mass is 313 g/mol. The highest BCUT2D eigenvalue weighted by atomic mass is 79.9. The maximum absolute atomic E-state index is 12.1. The fraction of sp³-hybridized carbons (Fsp3) is 0.615. The van der Waals surface area contributed by atoms with Gasteiger partial charge in [0.15, 0.2) is 0 Å². The highest BCUT2D eigenvalue weighted by Crippen LogP contribution is 2.14. The largest absolute Gasteiger partial charge is 0.347 e. The lowest BCUT2D eigenvalue weighted by Gasteiger charge is -2.21. The van der Waals surface area contributed by atoms with E-state index in [1.807, 2.05) is 23.9 Å². The minimum atomic E-state index is -0.00473. The molecule has 1 N–H and O–H groups in total. The smallest absolute Gasteiger partial charge is 0.268 e. The fourth-order valence-electron chi connectivity index (χ4n) is 2.45. The molecular weight excluding hydrogens is 294 g/mol. The summed E-state index contributed by atoms with van der Waals surface area (Å²) in [5, 5.41) is 3.05. The lowest BCUT2D eigenvalue weighted by atomic mass is 10.3. The molecule has 1 atom stereocenters. The lowest BCUT2D eigenvalue weighted by Crippen LogP contribution is -2.41. The molecule has 1 aromatic rings. The molecule has 2 heterocycles. The number of aromatic nitrogens is 1. The van der Waals surface area contributed by atoms with E-state index in [-0.39, 0.29) is 11.9 Å². The summed E-state index contributed by atoms with van der Waals surface area (Å²) in [5.74, 6) is -0.00473. The van der Waals surface area contributed by atoms with Crippen LogP contribution < -0.4 is 5.32 Å². The lowest BCUT2D eigenvalue weighted by molar-refractivity contribution is 0.0923. The quantitative estimate of drug-likeness (QED) is 0.923. The van der Waals surface area contributed by atoms with E-state index in [0.29, 0.717) is 5.69 Å². The van der Waals surface area contributed by atoms with Crippen molar-refractivity contribution in [3.05, 3.63) is 22.4 Å². The molecule has 0 aliphatic carbocycles. The van der Waals surface area contributed by atoms with Gasteiger partial charge in [-0.1, -0.05) is 0 Å². The Bertz CT molecular complexity index is 424. The highest BCUT2D eigenvalue weighted by Gasteiger charge is 2.17. The molecule has 1 saturated heterocycles. The average Bonchev–Trinajstić information content (AvgIpc) is 2.88. The summed E-state index contributed by atoms with van der Waals surface area (Å²) in [6.45, 7) is 5.33. The predicted molar refractivity (Wildman–Crippen MR) is 75.7 cm³/mol. The molecule has 2 rings (SSSR count). The van der Waals surface area contributed by atoms with Crippen LogP contribution in [0.5, 0.6) is 0 Å². The Morgan fingerprint density at radius 3 is 2.72 bits per heavy atom. The first-order chi connectivity index (χ1) is 8.56. The van der Waals surface area contributed by atoms with Crippen molar-refractivity contribution in [2.75, 3.05) is 19.6 Å². The molecule has 1 aromatic heterocycles. The minimum absolute atomic E-state index is 0.00473. The van der Waals surface area contributed by atoms with Gasteiger partial charge < -0.3 is 14.8 Å². The molecule has 100 valence electrons. The van der Waals surface area contributed by atoms with E-state index >= 15 is 0 Å². The Morgan fingerprint density at radius 2 is 2.17 bits per heavy atom. The third kappa shape index (κ3) is 3.36. The van der Waals surface area contributed by atoms with Gasteiger partial charge >= 0.3 is 0 Å². The van der Waals surface area contributed by atoms with Gasteiger partial charge in [-0.15, -0.1) is 0 Å². The van der Waals surface area contributed by atoms with E-state index < -0.39 is 0 Å². The second-order valence-electron chi connectivity index (χ2n) is 5.04. The summed E-state index contributed by atoms with van der Waals surface area (Å²) in [5.41, 5.74) is 0.690. The first-order valence-corrected chi connectivity index (χ1v) is 7.20. The average molecular weight is 314 g/mol. The first kappa shape index (κ1) is 13.6. The Balaban J connectivity index is 1.88. The molecule has 1 fully saturated rings. The molecule has 18 heavy (non-hydrogen) atoms. The van der Waals surface area contributed by atoms with Crippen LogP contribution >= 0.6 is 15.9 Å². The second-order valence-corrected chi connectivity index (χ2v) is 5.95. The van der Waals surface area contributed by atoms with E-state index in [9.17, 15) is 4.79 Å². The normalized spacial score (nSPS) is 17.9. The van der Waals surface area contributed by atoms with Gasteiger partial charge in [0.05, 0.1) is 0 Å². The van der Waals surface area contributed by atoms with E-state index in [1.165, 1.54) is 12.8 Å². The van der Waals surface area contributed by atoms with Crippen LogP contribution in [0.1, 0.15) is 30.3 Å². The van der Waals surface area contributed by atoms with Gasteiger partial charge in [0.1, 0.15) is 5.69 Å². The van der Waals surface area contributed by atoms with Crippen molar-refractivity contribution in [2.45, 2.75) is 25.8 Å². The van der Waals surface area contributed by atoms with Crippen LogP contribution in [0.25, 0.3) is 0 Å². The van der Waals surface area contributed by atoms with Crippen molar-refractivity contribution in [3.63, 3.8) is 0 Å². The van der Waals surface area contributed by atoms with Crippen LogP contribution in [0.15, 0.2) is 16.7 Å². The molecule has 1 aliphatic heterocycles. The zero-order chi connectivity index (χ0) is 13.1. The van der Waals surface area contributed by atoms with Crippen LogP contribution in [0.2, 0.25) is 0 Å². The van der Waals surface area contributed by atoms with Crippen molar-refractivity contribution < 1.29 is 4.79 Å². The van der Waals surface area contributed by atoms with E-state index in [1.54, 1.807) is 0 Å². The van der Waals surface area contributed by atoms with Crippen LogP contribution in [0.3, 0.4) is 0 Å². The number of hydrogen-bond acceptors (Lipinski definition) is 2. The zero-order valence-corrected chi connectivity index (χ0v) is 12.5. The van der Waals surface area contributed by atoms with Gasteiger partial charge in [0, 0.05) is 30.3 Å². The number of hydrogen-bond donors (Lipinski definition) is 1. The second kappa shape index (κ2) is 5.89. The van der Waals surface area contributed by atoms with E-state index in [2.05, 4.69) is 33.1 Å². The van der Waals surface area contributed by atoms with Crippen LogP contribution in [-0.2, 0) is 7.05 Å². The van der Waals surface area contributed by atoms with Crippen molar-refractivity contribution in [1.82, 2.24) is 14.8 Å². The Kier molecular flexibility index (Phi) is 4.45. The van der Waals surface area contributed by atoms with Gasteiger partial charge in [-0.3, -0.25) is 4.79 Å². The van der Waals surface area contributed by atoms with Gasteiger partial charge in [0.2, 0.25) is 0 Å². The molecule has 1 aliphatic rings. The molecular formula is C13H20BrN3O. The molecule has 0 radical (unpaired) electrons. The summed E-state index contributed by atoms with van der Waals surface area (Å²) in [4.78, 5) is 14.5. The highest BCUT2D eigenvalue weighted by molar-refractivity contribution is 9.10. The summed E-state index contributed by atoms with van der Waals surface area (Å²) in [7, 11) is 1.88. The number of halogens is 1. The molecule has 1 unspecified atom stereocenters. The first-order valence-electron chi connectivity index (χ1n) is 6.41. The van der Waals surface area contributed by atoms with Crippen molar-refractivity contribution in [3.8, 4) is 0 Å². The Labute approximate surface area is 116 Å². The van der Waals surface area contributed by atoms with Gasteiger partial charge in [-0.05, 0) is 54.9 Å². The number of amides is 1. The number of nitrogens with zero attached hydrogens (tertiary/aromatic N) is 2. The van der Waals surface area contributed by atoms with Gasteiger partial charge in [-0.25, -0.2) is 0 Å². The molecule has 0 bridgehead atoms. The van der Waals surface area contributed by atoms with Gasteiger partial charge in [-0.2, -0.15) is 0 Å². The van der Waals surface area contributed by atoms with Crippen molar-refractivity contribution in [1.29, 1.82) is 0 Å². The summed E-state index contributed by atoms with van der Waals surface area (Å²) < 4.78 is 2.77. The maximum atomic E-state index is 12.1. The zero-order valence-electron chi connectivity index (χ0n) is 10.9. The fourth-order valence-corrected chi connectivity index (χ4v) is 2.97. The topological polar surface area (TPSA) is 37.3 Å². The van der Waals surface area contributed by atoms with E-state index in [4.69, 9.17) is 0 Å². The molecule has 5 heteroatoms. The Hall–Kier alpha value is -0.810. The SMILES string of the molecule is CC(CN1CCCC1)NC(=O)c1cc(Br)cn1C. The summed E-state index contributed by atoms with van der Waals surface area (Å²) >= 11 is 3.38. The standard InChI is InChI=1S/C13H20BrN3O/c1-10(8-17-5-3-4-6-17)15-13(18)12-7-11(14)9-16(12)2/h7,9-10H,3-6,8H2,1-2H3,(H,15,18). The number of carbonyl (C=O) groups excluding carboxylic acids is 1. The summed E-state index contributed by atoms with van der Waals surface area (Å²) in [6.07, 6.45) is 4.46. The predicted octanol–water partition coefficient (Wildman–Crippen LogP) is 2.00. The maximum Gasteiger partial charge on any atom is 0.268 e. The molecule has 1 amide bonds. The number of aryl methyl sites for hydroxylation is 1. The minimum Gasteiger partial charge on any atom is -0.347 e. The van der Waals surface area contributed by atoms with Gasteiger partial charge in [0.25, 0.3) is 5.91 Å². The van der Waals surface area contributed by atoms with Crippen molar-refractivity contribution in [2.24, 2.45) is 7.05 Å². The van der Waals surface area contributed by atoms with Crippen LogP contribution in [-0.4, -0.2) is 41.1 Å². The van der Waals surface area contributed by atoms with Crippen LogP contribution in [0, 0.1) is 0 Å².